The summed E-state index contributed by atoms with van der Waals surface area (Å²) >= 11 is 0. The molecule has 0 atom stereocenters. The standard InChI is InChI=1S/2C21H22N.2C20H20N/c2*1-15-10-11-19(16(2)12-15)21-13-20(17(3)14-22(21)4)18-8-6-5-7-9-18;1-15-9-7-8-12-18(15)20-13-19(16(2)14-21(20)3)17-10-5-4-6-11-17;1-15-9-12-20(21(3)14-15)19-11-10-18(13-16(19)2)17-7-5-4-6-8-17/h2*5-14H,1-4H3;2*4-14H,1-3H3/q4*+1/i1D3,3D3;;;1D3. The van der Waals surface area contributed by atoms with Gasteiger partial charge in [0.15, 0.2) is 24.8 Å². The van der Waals surface area contributed by atoms with E-state index in [1.54, 1.807) is 48.3 Å². The largest absolute Gasteiger partial charge is 0.213 e. The number of aryl methyl sites for hydroxylation is 14. The molecule has 0 N–H and O–H groups in total. The van der Waals surface area contributed by atoms with Gasteiger partial charge in [0.1, 0.15) is 28.2 Å². The third-order valence-corrected chi connectivity index (χ3v) is 15.8. The SMILES string of the molecule is Cc1c[n+](C)c(-c2ccccc2C)cc1-c1ccccc1.Cc1ccc(-c2cc(-c3ccccc3)c(C)c[n+]2C)c(C)c1.[2H]C([2H])([2H])c1ccc(-c2cc(-c3ccccc3)c(C([2H])([2H])[2H])c[n+]2C)c(C)c1.[2H]C([2H])([2H])c1ccc(-c2ccc(-c3ccccc3)cc2C)[n+](C)c1. The highest BCUT2D eigenvalue weighted by atomic mass is 14.9. The van der Waals surface area contributed by atoms with Crippen molar-refractivity contribution in [1.82, 2.24) is 0 Å². The van der Waals surface area contributed by atoms with Crippen molar-refractivity contribution >= 4 is 0 Å². The van der Waals surface area contributed by atoms with Crippen molar-refractivity contribution in [3.8, 4) is 89.5 Å². The van der Waals surface area contributed by atoms with Crippen LogP contribution >= 0.6 is 0 Å². The molecule has 12 aromatic rings. The van der Waals surface area contributed by atoms with Gasteiger partial charge in [0.25, 0.3) is 0 Å². The van der Waals surface area contributed by atoms with Gasteiger partial charge in [-0.05, 0) is 166 Å². The molecule has 0 aliphatic rings. The van der Waals surface area contributed by atoms with Crippen LogP contribution in [0.5, 0.6) is 0 Å². The van der Waals surface area contributed by atoms with Gasteiger partial charge >= 0.3 is 0 Å². The summed E-state index contributed by atoms with van der Waals surface area (Å²) in [6.45, 7) is 8.29. The normalized spacial score (nSPS) is 12.7. The van der Waals surface area contributed by atoms with Crippen molar-refractivity contribution < 1.29 is 30.6 Å². The average molecular weight is 1130 g/mol. The minimum absolute atomic E-state index is 0.279. The van der Waals surface area contributed by atoms with Crippen molar-refractivity contribution in [1.29, 1.82) is 0 Å². The van der Waals surface area contributed by atoms with Gasteiger partial charge in [-0.1, -0.05) is 187 Å². The fourth-order valence-corrected chi connectivity index (χ4v) is 11.3. The molecule has 86 heavy (non-hydrogen) atoms. The van der Waals surface area contributed by atoms with Crippen LogP contribution in [-0.4, -0.2) is 0 Å². The molecule has 4 heterocycles. The van der Waals surface area contributed by atoms with E-state index < -0.39 is 20.6 Å². The third-order valence-electron chi connectivity index (χ3n) is 15.8. The molecule has 8 aromatic carbocycles. The Morgan fingerprint density at radius 2 is 0.581 bits per heavy atom. The van der Waals surface area contributed by atoms with Crippen LogP contribution in [-0.2, 0) is 28.2 Å². The summed E-state index contributed by atoms with van der Waals surface area (Å²) in [6, 6.07) is 77.6. The van der Waals surface area contributed by atoms with Crippen molar-refractivity contribution in [3.05, 3.63) is 311 Å². The zero-order chi connectivity index (χ0) is 68.5. The maximum absolute atomic E-state index is 7.93. The Balaban J connectivity index is 0.000000150. The summed E-state index contributed by atoms with van der Waals surface area (Å²) in [6.07, 6.45) is 7.76. The molecule has 428 valence electrons. The van der Waals surface area contributed by atoms with Crippen LogP contribution in [0.3, 0.4) is 0 Å². The second-order valence-corrected chi connectivity index (χ2v) is 22.4. The first-order chi connectivity index (χ1) is 45.1. The maximum atomic E-state index is 7.93. The second-order valence-electron chi connectivity index (χ2n) is 22.4. The summed E-state index contributed by atoms with van der Waals surface area (Å²) in [7, 11) is 7.92. The molecule has 0 fully saturated rings. The second kappa shape index (κ2) is 27.8. The van der Waals surface area contributed by atoms with Crippen LogP contribution < -0.4 is 18.3 Å². The van der Waals surface area contributed by atoms with Crippen molar-refractivity contribution in [2.24, 2.45) is 28.2 Å². The number of benzene rings is 8. The summed E-state index contributed by atoms with van der Waals surface area (Å²) in [5.41, 5.74) is 27.3. The Morgan fingerprint density at radius 1 is 0.221 bits per heavy atom. The highest BCUT2D eigenvalue weighted by Crippen LogP contribution is 2.32. The van der Waals surface area contributed by atoms with E-state index in [2.05, 4.69) is 223 Å². The molecule has 0 aliphatic heterocycles. The van der Waals surface area contributed by atoms with Crippen molar-refractivity contribution in [2.75, 3.05) is 0 Å². The first-order valence-electron chi connectivity index (χ1n) is 33.7. The van der Waals surface area contributed by atoms with E-state index in [1.807, 2.05) is 79.2 Å². The smallest absolute Gasteiger partial charge is 0.201 e. The van der Waals surface area contributed by atoms with E-state index >= 15 is 0 Å². The van der Waals surface area contributed by atoms with Crippen LogP contribution in [0.1, 0.15) is 68.0 Å². The monoisotopic (exact) mass is 1130 g/mol. The highest BCUT2D eigenvalue weighted by Gasteiger charge is 2.20. The average Bonchev–Trinajstić information content (AvgIpc) is 0.801. The Labute approximate surface area is 526 Å². The summed E-state index contributed by atoms with van der Waals surface area (Å²) in [4.78, 5) is 0. The predicted molar refractivity (Wildman–Crippen MR) is 361 cm³/mol. The number of rotatable bonds is 8. The predicted octanol–water partition coefficient (Wildman–Crippen LogP) is 18.5. The van der Waals surface area contributed by atoms with E-state index in [4.69, 9.17) is 12.3 Å². The topological polar surface area (TPSA) is 15.5 Å². The van der Waals surface area contributed by atoms with Gasteiger partial charge in [-0.3, -0.25) is 0 Å². The Morgan fingerprint density at radius 3 is 1.02 bits per heavy atom. The Hall–Kier alpha value is -9.64. The van der Waals surface area contributed by atoms with Gasteiger partial charge in [-0.2, -0.15) is 0 Å². The summed E-state index contributed by atoms with van der Waals surface area (Å²) in [5, 5.41) is 0. The molecular formula is C82H84N4+4. The molecular weight excluding hydrogens is 1040 g/mol. The fourth-order valence-electron chi connectivity index (χ4n) is 11.3. The van der Waals surface area contributed by atoms with Gasteiger partial charge in [-0.25, -0.2) is 18.3 Å². The molecule has 4 nitrogen and oxygen atoms in total. The lowest BCUT2D eigenvalue weighted by molar-refractivity contribution is -0.660. The number of hydrogen-bond acceptors (Lipinski definition) is 0. The number of hydrogen-bond donors (Lipinski definition) is 0. The lowest BCUT2D eigenvalue weighted by atomic mass is 9.97. The molecule has 4 aromatic heterocycles. The number of aromatic nitrogens is 4. The van der Waals surface area contributed by atoms with E-state index in [1.165, 1.54) is 83.7 Å². The quantitative estimate of drug-likeness (QED) is 0.135. The first-order valence-corrected chi connectivity index (χ1v) is 29.2. The van der Waals surface area contributed by atoms with Crippen LogP contribution in [0.2, 0.25) is 0 Å². The van der Waals surface area contributed by atoms with Crippen molar-refractivity contribution in [2.45, 2.75) is 69.0 Å². The zero-order valence-corrected chi connectivity index (χ0v) is 51.5. The molecule has 0 unspecified atom stereocenters. The molecule has 0 amide bonds. The van der Waals surface area contributed by atoms with Gasteiger partial charge in [-0.15, -0.1) is 0 Å². The molecule has 0 bridgehead atoms. The first kappa shape index (κ1) is 49.8. The number of nitrogens with zero attached hydrogens (tertiary/aromatic N) is 4. The molecule has 0 saturated carbocycles. The van der Waals surface area contributed by atoms with Crippen LogP contribution in [0, 0.1) is 69.0 Å². The lowest BCUT2D eigenvalue weighted by Crippen LogP contribution is -2.31. The van der Waals surface area contributed by atoms with Crippen LogP contribution in [0.4, 0.5) is 0 Å². The zero-order valence-electron chi connectivity index (χ0n) is 60.5. The molecule has 12 rings (SSSR count). The van der Waals surface area contributed by atoms with Gasteiger partial charge in [0.05, 0.1) is 0 Å². The van der Waals surface area contributed by atoms with Gasteiger partial charge in [0.2, 0.25) is 22.8 Å². The summed E-state index contributed by atoms with van der Waals surface area (Å²) < 4.78 is 77.3. The maximum Gasteiger partial charge on any atom is 0.213 e. The van der Waals surface area contributed by atoms with E-state index in [0.717, 1.165) is 39.2 Å². The van der Waals surface area contributed by atoms with Gasteiger partial charge < -0.3 is 0 Å². The number of pyridine rings is 4. The van der Waals surface area contributed by atoms with Crippen molar-refractivity contribution in [3.63, 3.8) is 0 Å². The summed E-state index contributed by atoms with van der Waals surface area (Å²) in [5.74, 6) is 0. The van der Waals surface area contributed by atoms with E-state index in [-0.39, 0.29) is 5.56 Å². The van der Waals surface area contributed by atoms with Crippen LogP contribution in [0.15, 0.2) is 255 Å². The lowest BCUT2D eigenvalue weighted by Gasteiger charge is -2.10. The molecule has 0 aliphatic carbocycles. The Bertz CT molecular complexity index is 4660. The van der Waals surface area contributed by atoms with E-state index in [9.17, 15) is 0 Å². The molecule has 4 heteroatoms. The van der Waals surface area contributed by atoms with E-state index in [0.29, 0.717) is 16.7 Å². The minimum Gasteiger partial charge on any atom is -0.201 e. The third kappa shape index (κ3) is 14.6. The van der Waals surface area contributed by atoms with Gasteiger partial charge in [0, 0.05) is 81.1 Å². The molecule has 0 radical (unpaired) electrons. The fraction of sp³-hybridized carbons (Fsp3) is 0.171. The molecule has 0 spiro atoms. The minimum atomic E-state index is -2.25. The van der Waals surface area contributed by atoms with Crippen LogP contribution in [0.25, 0.3) is 89.5 Å². The Kier molecular flexibility index (Phi) is 16.1. The highest BCUT2D eigenvalue weighted by molar-refractivity contribution is 5.76. The molecule has 0 saturated heterocycles.